The van der Waals surface area contributed by atoms with Crippen LogP contribution in [0, 0.1) is 5.41 Å². The van der Waals surface area contributed by atoms with E-state index in [1.807, 2.05) is 6.26 Å². The molecule has 4 atom stereocenters. The monoisotopic (exact) mass is 339 g/mol. The number of anilines is 1. The zero-order valence-corrected chi connectivity index (χ0v) is 14.1. The first-order valence-corrected chi connectivity index (χ1v) is 8.61. The third-order valence-corrected chi connectivity index (χ3v) is 5.19. The fourth-order valence-electron chi connectivity index (χ4n) is 3.17. The number of hydrogen-bond donors (Lipinski definition) is 4. The van der Waals surface area contributed by atoms with Gasteiger partial charge in [0.15, 0.2) is 22.1 Å². The zero-order chi connectivity index (χ0) is 16.8. The maximum absolute atomic E-state index is 10.4. The molecule has 1 saturated carbocycles. The summed E-state index contributed by atoms with van der Waals surface area (Å²) in [5, 5.41) is 33.9. The van der Waals surface area contributed by atoms with Gasteiger partial charge in [0.05, 0.1) is 25.1 Å². The Morgan fingerprint density at radius 2 is 2.17 bits per heavy atom. The highest BCUT2D eigenvalue weighted by atomic mass is 32.2. The molecule has 0 bridgehead atoms. The van der Waals surface area contributed by atoms with E-state index in [0.29, 0.717) is 28.6 Å². The Balaban J connectivity index is 2.10. The third kappa shape index (κ3) is 2.47. The topological polar surface area (TPSA) is 116 Å². The Labute approximate surface area is 138 Å². The van der Waals surface area contributed by atoms with Crippen molar-refractivity contribution in [2.75, 3.05) is 25.2 Å². The van der Waals surface area contributed by atoms with Crippen LogP contribution in [0.1, 0.15) is 19.4 Å². The molecule has 2 aromatic rings. The van der Waals surface area contributed by atoms with E-state index in [1.165, 1.54) is 11.8 Å². The number of fused-ring (bicyclic) bond motifs is 1. The molecule has 0 spiro atoms. The number of thioether (sulfide) groups is 1. The number of nitrogens with zero attached hydrogens (tertiary/aromatic N) is 4. The number of aliphatic hydroxyl groups is 3. The maximum Gasteiger partial charge on any atom is 0.191 e. The number of hydrogen-bond acceptors (Lipinski definition) is 8. The number of aromatic nitrogens is 4. The van der Waals surface area contributed by atoms with E-state index >= 15 is 0 Å². The highest BCUT2D eigenvalue weighted by Gasteiger charge is 2.50. The number of nitrogens with one attached hydrogen (secondary N) is 1. The van der Waals surface area contributed by atoms with E-state index in [4.69, 9.17) is 0 Å². The third-order valence-electron chi connectivity index (χ3n) is 4.65. The molecule has 0 aromatic carbocycles. The molecule has 2 aromatic heterocycles. The summed E-state index contributed by atoms with van der Waals surface area (Å²) in [6.07, 6.45) is 1.94. The van der Waals surface area contributed by atoms with Gasteiger partial charge in [-0.05, 0) is 12.7 Å². The molecule has 4 N–H and O–H groups in total. The molecule has 1 fully saturated rings. The second-order valence-electron chi connectivity index (χ2n) is 6.15. The predicted octanol–water partition coefficient (Wildman–Crippen LogP) is 0.255. The molecule has 1 aliphatic carbocycles. The van der Waals surface area contributed by atoms with E-state index in [9.17, 15) is 15.3 Å². The van der Waals surface area contributed by atoms with Crippen molar-refractivity contribution in [1.29, 1.82) is 0 Å². The first-order chi connectivity index (χ1) is 10.9. The molecule has 0 aliphatic heterocycles. The quantitative estimate of drug-likeness (QED) is 0.463. The van der Waals surface area contributed by atoms with Gasteiger partial charge in [0, 0.05) is 12.5 Å². The second-order valence-corrected chi connectivity index (χ2v) is 6.93. The van der Waals surface area contributed by atoms with Crippen LogP contribution in [0.25, 0.3) is 11.2 Å². The smallest absolute Gasteiger partial charge is 0.191 e. The summed E-state index contributed by atoms with van der Waals surface area (Å²) in [5.41, 5.74) is 0.471. The largest absolute Gasteiger partial charge is 0.396 e. The lowest BCUT2D eigenvalue weighted by Crippen LogP contribution is -2.36. The van der Waals surface area contributed by atoms with E-state index in [1.54, 1.807) is 24.9 Å². The molecular formula is C14H21N5O3S. The predicted molar refractivity (Wildman–Crippen MR) is 87.5 cm³/mol. The molecular weight excluding hydrogens is 318 g/mol. The van der Waals surface area contributed by atoms with Gasteiger partial charge < -0.3 is 25.2 Å². The Morgan fingerprint density at radius 1 is 1.43 bits per heavy atom. The molecule has 3 rings (SSSR count). The molecule has 1 aliphatic rings. The van der Waals surface area contributed by atoms with Gasteiger partial charge in [-0.15, -0.1) is 0 Å². The van der Waals surface area contributed by atoms with Crippen molar-refractivity contribution >= 4 is 28.7 Å². The number of aliphatic hydroxyl groups excluding tert-OH is 3. The van der Waals surface area contributed by atoms with Gasteiger partial charge in [-0.25, -0.2) is 15.0 Å². The van der Waals surface area contributed by atoms with Crippen molar-refractivity contribution in [3.05, 3.63) is 6.33 Å². The van der Waals surface area contributed by atoms with Crippen molar-refractivity contribution in [3.63, 3.8) is 0 Å². The van der Waals surface area contributed by atoms with Crippen molar-refractivity contribution < 1.29 is 15.3 Å². The Morgan fingerprint density at radius 3 is 2.74 bits per heavy atom. The van der Waals surface area contributed by atoms with Crippen LogP contribution in [-0.2, 0) is 0 Å². The van der Waals surface area contributed by atoms with Crippen LogP contribution >= 0.6 is 11.8 Å². The molecule has 0 saturated heterocycles. The van der Waals surface area contributed by atoms with E-state index in [0.717, 1.165) is 0 Å². The van der Waals surface area contributed by atoms with Gasteiger partial charge in [-0.3, -0.25) is 0 Å². The number of imidazole rings is 1. The maximum atomic E-state index is 10.4. The van der Waals surface area contributed by atoms with Crippen LogP contribution in [0.4, 0.5) is 5.82 Å². The van der Waals surface area contributed by atoms with E-state index in [-0.39, 0.29) is 6.61 Å². The molecule has 8 nitrogen and oxygen atoms in total. The highest BCUT2D eigenvalue weighted by molar-refractivity contribution is 7.98. The van der Waals surface area contributed by atoms with Crippen molar-refractivity contribution in [3.8, 4) is 0 Å². The van der Waals surface area contributed by atoms with Gasteiger partial charge >= 0.3 is 0 Å². The second kappa shape index (κ2) is 5.90. The first-order valence-electron chi connectivity index (χ1n) is 7.38. The Kier molecular flexibility index (Phi) is 4.21. The minimum absolute atomic E-state index is 0.193. The molecule has 126 valence electrons. The summed E-state index contributed by atoms with van der Waals surface area (Å²) in [4.78, 5) is 13.2. The standard InChI is InChI=1S/C14H21N5O3S/c1-14(5-20)4-7(9(21)10(14)22)19-6-16-8-11(15-2)17-13(23-3)18-12(8)19/h6-7,9-10,20-22H,4-5H2,1-3H3,(H,15,17,18)/t7-,9+,10+,14-/m1/s1. The van der Waals surface area contributed by atoms with Crippen molar-refractivity contribution in [1.82, 2.24) is 19.5 Å². The van der Waals surface area contributed by atoms with Crippen LogP contribution in [0.3, 0.4) is 0 Å². The molecule has 0 radical (unpaired) electrons. The summed E-state index contributed by atoms with van der Waals surface area (Å²) >= 11 is 1.42. The average molecular weight is 339 g/mol. The summed E-state index contributed by atoms with van der Waals surface area (Å²) in [6, 6.07) is -0.401. The minimum atomic E-state index is -0.999. The van der Waals surface area contributed by atoms with E-state index < -0.39 is 23.7 Å². The van der Waals surface area contributed by atoms with Crippen LogP contribution in [0.2, 0.25) is 0 Å². The lowest BCUT2D eigenvalue weighted by molar-refractivity contribution is -0.0403. The lowest BCUT2D eigenvalue weighted by atomic mass is 9.87. The molecule has 23 heavy (non-hydrogen) atoms. The molecule has 0 unspecified atom stereocenters. The van der Waals surface area contributed by atoms with Crippen LogP contribution in [0.15, 0.2) is 11.5 Å². The summed E-state index contributed by atoms with van der Waals surface area (Å²) in [6.45, 7) is 1.57. The van der Waals surface area contributed by atoms with E-state index in [2.05, 4.69) is 20.3 Å². The molecule has 2 heterocycles. The van der Waals surface area contributed by atoms with Gasteiger partial charge in [-0.2, -0.15) is 0 Å². The zero-order valence-electron chi connectivity index (χ0n) is 13.3. The van der Waals surface area contributed by atoms with Gasteiger partial charge in [0.1, 0.15) is 6.10 Å². The highest BCUT2D eigenvalue weighted by Crippen LogP contribution is 2.45. The fourth-order valence-corrected chi connectivity index (χ4v) is 3.53. The summed E-state index contributed by atoms with van der Waals surface area (Å²) in [7, 11) is 1.77. The van der Waals surface area contributed by atoms with Gasteiger partial charge in [0.25, 0.3) is 0 Å². The van der Waals surface area contributed by atoms with Gasteiger partial charge in [0.2, 0.25) is 0 Å². The Bertz CT molecular complexity index is 724. The van der Waals surface area contributed by atoms with Crippen LogP contribution < -0.4 is 5.32 Å². The average Bonchev–Trinajstić information content (AvgIpc) is 3.09. The van der Waals surface area contributed by atoms with Crippen LogP contribution in [0.5, 0.6) is 0 Å². The Hall–Kier alpha value is -1.42. The summed E-state index contributed by atoms with van der Waals surface area (Å²) < 4.78 is 1.77. The number of rotatable bonds is 4. The minimum Gasteiger partial charge on any atom is -0.396 e. The normalized spacial score (nSPS) is 31.0. The van der Waals surface area contributed by atoms with Gasteiger partial charge in [-0.1, -0.05) is 18.7 Å². The fraction of sp³-hybridized carbons (Fsp3) is 0.643. The molecule has 9 heteroatoms. The first kappa shape index (κ1) is 16.4. The van der Waals surface area contributed by atoms with Crippen LogP contribution in [-0.4, -0.2) is 67.0 Å². The van der Waals surface area contributed by atoms with Crippen molar-refractivity contribution in [2.24, 2.45) is 5.41 Å². The lowest BCUT2D eigenvalue weighted by Gasteiger charge is -2.25. The SMILES string of the molecule is CNc1nc(SC)nc2c1ncn2[C@@H]1C[C@](C)(CO)[C@@H](O)[C@H]1O. The summed E-state index contributed by atoms with van der Waals surface area (Å²) in [5.74, 6) is 0.621. The molecule has 0 amide bonds. The van der Waals surface area contributed by atoms with Crippen molar-refractivity contribution in [2.45, 2.75) is 36.8 Å².